The lowest BCUT2D eigenvalue weighted by Crippen LogP contribution is -2.26. The molecule has 1 aliphatic heterocycles. The Morgan fingerprint density at radius 2 is 2.20 bits per heavy atom. The fraction of sp³-hybridized carbons (Fsp3) is 0.467. The summed E-state index contributed by atoms with van der Waals surface area (Å²) in [5, 5.41) is 2.86. The number of rotatable bonds is 6. The summed E-state index contributed by atoms with van der Waals surface area (Å²) in [5.41, 5.74) is 6.81. The number of carbonyl (C=O) groups excluding carboxylic acids is 2. The summed E-state index contributed by atoms with van der Waals surface area (Å²) in [7, 11) is 0. The van der Waals surface area contributed by atoms with E-state index in [-0.39, 0.29) is 11.8 Å². The van der Waals surface area contributed by atoms with Crippen LogP contribution in [0.25, 0.3) is 0 Å². The van der Waals surface area contributed by atoms with Crippen molar-refractivity contribution in [3.05, 3.63) is 29.8 Å². The first-order valence-electron chi connectivity index (χ1n) is 7.11. The highest BCUT2D eigenvalue weighted by Crippen LogP contribution is 2.22. The molecule has 1 heterocycles. The van der Waals surface area contributed by atoms with Crippen LogP contribution in [-0.4, -0.2) is 31.4 Å². The molecule has 5 heteroatoms. The molecule has 1 aromatic rings. The van der Waals surface area contributed by atoms with Crippen LogP contribution in [0, 0.1) is 0 Å². The van der Waals surface area contributed by atoms with E-state index >= 15 is 0 Å². The van der Waals surface area contributed by atoms with E-state index < -0.39 is 0 Å². The maximum Gasteiger partial charge on any atom is 0.251 e. The van der Waals surface area contributed by atoms with Crippen molar-refractivity contribution in [1.82, 2.24) is 5.32 Å². The second kappa shape index (κ2) is 7.05. The van der Waals surface area contributed by atoms with Gasteiger partial charge in [-0.15, -0.1) is 0 Å². The van der Waals surface area contributed by atoms with E-state index in [1.165, 1.54) is 0 Å². The molecule has 0 bridgehead atoms. The zero-order chi connectivity index (χ0) is 14.4. The Kier molecular flexibility index (Phi) is 5.12. The molecule has 2 amide bonds. The van der Waals surface area contributed by atoms with Gasteiger partial charge in [0.05, 0.1) is 0 Å². The van der Waals surface area contributed by atoms with Gasteiger partial charge in [-0.2, -0.15) is 0 Å². The summed E-state index contributed by atoms with van der Waals surface area (Å²) in [5.74, 6) is 0.0287. The predicted molar refractivity (Wildman–Crippen MR) is 78.7 cm³/mol. The smallest absolute Gasteiger partial charge is 0.251 e. The van der Waals surface area contributed by atoms with Crippen molar-refractivity contribution in [1.29, 1.82) is 0 Å². The van der Waals surface area contributed by atoms with Crippen LogP contribution in [0.2, 0.25) is 0 Å². The van der Waals surface area contributed by atoms with E-state index in [0.29, 0.717) is 25.1 Å². The molecule has 1 aromatic carbocycles. The number of benzene rings is 1. The average Bonchev–Trinajstić information content (AvgIpc) is 2.90. The minimum atomic E-state index is -0.101. The van der Waals surface area contributed by atoms with Crippen molar-refractivity contribution in [2.75, 3.05) is 24.5 Å². The maximum atomic E-state index is 12.0. The van der Waals surface area contributed by atoms with Crippen molar-refractivity contribution in [2.24, 2.45) is 5.73 Å². The molecular formula is C15H21N3O2. The molecule has 2 rings (SSSR count). The first kappa shape index (κ1) is 14.5. The fourth-order valence-electron chi connectivity index (χ4n) is 2.31. The lowest BCUT2D eigenvalue weighted by molar-refractivity contribution is -0.117. The highest BCUT2D eigenvalue weighted by molar-refractivity contribution is 5.99. The molecule has 0 saturated carbocycles. The van der Waals surface area contributed by atoms with Gasteiger partial charge in [0, 0.05) is 30.8 Å². The number of nitrogens with two attached hydrogens (primary N) is 1. The van der Waals surface area contributed by atoms with E-state index in [0.717, 1.165) is 31.5 Å². The number of hydrogen-bond donors (Lipinski definition) is 2. The molecule has 0 aliphatic carbocycles. The Hall–Kier alpha value is -1.88. The SMILES string of the molecule is NCCCCNC(=O)c1cccc(N2CCCC2=O)c1. The fourth-order valence-corrected chi connectivity index (χ4v) is 2.31. The van der Waals surface area contributed by atoms with Gasteiger partial charge in [0.15, 0.2) is 0 Å². The van der Waals surface area contributed by atoms with E-state index in [9.17, 15) is 9.59 Å². The monoisotopic (exact) mass is 275 g/mol. The highest BCUT2D eigenvalue weighted by atomic mass is 16.2. The largest absolute Gasteiger partial charge is 0.352 e. The molecule has 1 aliphatic rings. The molecule has 108 valence electrons. The van der Waals surface area contributed by atoms with Crippen LogP contribution in [0.15, 0.2) is 24.3 Å². The molecule has 0 spiro atoms. The van der Waals surface area contributed by atoms with E-state index in [1.54, 1.807) is 17.0 Å². The summed E-state index contributed by atoms with van der Waals surface area (Å²) in [6.45, 7) is 2.01. The maximum absolute atomic E-state index is 12.0. The topological polar surface area (TPSA) is 75.4 Å². The van der Waals surface area contributed by atoms with Crippen molar-refractivity contribution in [3.63, 3.8) is 0 Å². The Balaban J connectivity index is 1.98. The van der Waals surface area contributed by atoms with Gasteiger partial charge in [-0.1, -0.05) is 6.07 Å². The second-order valence-electron chi connectivity index (χ2n) is 4.95. The highest BCUT2D eigenvalue weighted by Gasteiger charge is 2.22. The van der Waals surface area contributed by atoms with Crippen molar-refractivity contribution >= 4 is 17.5 Å². The summed E-state index contributed by atoms with van der Waals surface area (Å²) in [6, 6.07) is 7.23. The van der Waals surface area contributed by atoms with E-state index in [1.807, 2.05) is 12.1 Å². The van der Waals surface area contributed by atoms with Gasteiger partial charge in [0.1, 0.15) is 0 Å². The number of nitrogens with one attached hydrogen (secondary N) is 1. The van der Waals surface area contributed by atoms with Crippen molar-refractivity contribution in [2.45, 2.75) is 25.7 Å². The minimum Gasteiger partial charge on any atom is -0.352 e. The number of unbranched alkanes of at least 4 members (excludes halogenated alkanes) is 1. The number of nitrogens with zero attached hydrogens (tertiary/aromatic N) is 1. The predicted octanol–water partition coefficient (Wildman–Crippen LogP) is 1.28. The zero-order valence-electron chi connectivity index (χ0n) is 11.6. The first-order chi connectivity index (χ1) is 9.72. The van der Waals surface area contributed by atoms with Crippen LogP contribution in [0.3, 0.4) is 0 Å². The summed E-state index contributed by atoms with van der Waals surface area (Å²) in [6.07, 6.45) is 3.26. The third-order valence-electron chi connectivity index (χ3n) is 3.41. The molecular weight excluding hydrogens is 254 g/mol. The van der Waals surface area contributed by atoms with Gasteiger partial charge in [0.25, 0.3) is 5.91 Å². The van der Waals surface area contributed by atoms with Crippen molar-refractivity contribution in [3.8, 4) is 0 Å². The number of anilines is 1. The molecule has 20 heavy (non-hydrogen) atoms. The first-order valence-corrected chi connectivity index (χ1v) is 7.11. The zero-order valence-corrected chi connectivity index (χ0v) is 11.6. The Morgan fingerprint density at radius 3 is 2.90 bits per heavy atom. The Bertz CT molecular complexity index is 488. The lowest BCUT2D eigenvalue weighted by atomic mass is 10.1. The molecule has 0 atom stereocenters. The van der Waals surface area contributed by atoms with E-state index in [2.05, 4.69) is 5.32 Å². The van der Waals surface area contributed by atoms with Gasteiger partial charge in [0.2, 0.25) is 5.91 Å². The van der Waals surface area contributed by atoms with Gasteiger partial charge in [-0.05, 0) is 44.0 Å². The number of amides is 2. The van der Waals surface area contributed by atoms with Crippen LogP contribution in [0.1, 0.15) is 36.0 Å². The molecule has 3 N–H and O–H groups in total. The van der Waals surface area contributed by atoms with Gasteiger partial charge < -0.3 is 16.0 Å². The quantitative estimate of drug-likeness (QED) is 0.768. The molecule has 0 radical (unpaired) electrons. The Morgan fingerprint density at radius 1 is 1.35 bits per heavy atom. The second-order valence-corrected chi connectivity index (χ2v) is 4.95. The average molecular weight is 275 g/mol. The molecule has 5 nitrogen and oxygen atoms in total. The van der Waals surface area contributed by atoms with Gasteiger partial charge in [-0.3, -0.25) is 9.59 Å². The van der Waals surface area contributed by atoms with E-state index in [4.69, 9.17) is 5.73 Å². The third kappa shape index (κ3) is 3.57. The standard InChI is InChI=1S/C15H21N3O2/c16-8-1-2-9-17-15(20)12-5-3-6-13(11-12)18-10-4-7-14(18)19/h3,5-6,11H,1-2,4,7-10,16H2,(H,17,20). The molecule has 1 saturated heterocycles. The minimum absolute atomic E-state index is 0.101. The number of carbonyl (C=O) groups is 2. The molecule has 1 fully saturated rings. The molecule has 0 unspecified atom stereocenters. The third-order valence-corrected chi connectivity index (χ3v) is 3.41. The summed E-state index contributed by atoms with van der Waals surface area (Å²) < 4.78 is 0. The summed E-state index contributed by atoms with van der Waals surface area (Å²) >= 11 is 0. The van der Waals surface area contributed by atoms with Crippen LogP contribution >= 0.6 is 0 Å². The Labute approximate surface area is 119 Å². The lowest BCUT2D eigenvalue weighted by Gasteiger charge is -2.16. The van der Waals surface area contributed by atoms with Crippen LogP contribution in [0.5, 0.6) is 0 Å². The van der Waals surface area contributed by atoms with Gasteiger partial charge >= 0.3 is 0 Å². The van der Waals surface area contributed by atoms with Crippen LogP contribution < -0.4 is 16.0 Å². The summed E-state index contributed by atoms with van der Waals surface area (Å²) in [4.78, 5) is 25.5. The normalized spacial score (nSPS) is 14.7. The number of hydrogen-bond acceptors (Lipinski definition) is 3. The van der Waals surface area contributed by atoms with Crippen LogP contribution in [0.4, 0.5) is 5.69 Å². The van der Waals surface area contributed by atoms with Crippen LogP contribution in [-0.2, 0) is 4.79 Å². The molecule has 0 aromatic heterocycles. The van der Waals surface area contributed by atoms with Crippen molar-refractivity contribution < 1.29 is 9.59 Å². The van der Waals surface area contributed by atoms with Gasteiger partial charge in [-0.25, -0.2) is 0 Å².